The number of alkyl carbamates (subject to hydrolysis) is 1. The number of nitrogens with zero attached hydrogens (tertiary/aromatic N) is 1. The summed E-state index contributed by atoms with van der Waals surface area (Å²) in [5.41, 5.74) is -1.53. The summed E-state index contributed by atoms with van der Waals surface area (Å²) in [5.74, 6) is -1.80. The number of anilines is 1. The van der Waals surface area contributed by atoms with Crippen molar-refractivity contribution < 1.29 is 28.7 Å². The molecule has 2 amide bonds. The van der Waals surface area contributed by atoms with E-state index in [-0.39, 0.29) is 12.1 Å². The first kappa shape index (κ1) is 20.3. The Labute approximate surface area is 143 Å². The summed E-state index contributed by atoms with van der Waals surface area (Å²) < 4.78 is 18.8. The maximum atomic E-state index is 13.8. The molecule has 0 aliphatic heterocycles. The van der Waals surface area contributed by atoms with Gasteiger partial charge in [0, 0.05) is 12.7 Å². The number of rotatable bonds is 6. The minimum Gasteiger partial charge on any atom is -0.444 e. The number of hydrogen-bond acceptors (Lipinski definition) is 6. The number of amides is 2. The predicted molar refractivity (Wildman–Crippen MR) is 86.5 cm³/mol. The van der Waals surface area contributed by atoms with E-state index in [0.29, 0.717) is 6.07 Å². The van der Waals surface area contributed by atoms with E-state index >= 15 is 0 Å². The van der Waals surface area contributed by atoms with E-state index in [9.17, 15) is 24.1 Å². The quantitative estimate of drug-likeness (QED) is 0.527. The van der Waals surface area contributed by atoms with Gasteiger partial charge in [-0.3, -0.25) is 14.9 Å². The molecule has 1 aromatic carbocycles. The Balaban J connectivity index is 2.83. The van der Waals surface area contributed by atoms with E-state index in [0.717, 1.165) is 12.1 Å². The number of carbonyl (C=O) groups excluding carboxylic acids is 2. The summed E-state index contributed by atoms with van der Waals surface area (Å²) in [5, 5.41) is 24.1. The van der Waals surface area contributed by atoms with Gasteiger partial charge in [-0.05, 0) is 33.3 Å². The third-order valence-electron chi connectivity index (χ3n) is 2.85. The van der Waals surface area contributed by atoms with Crippen molar-refractivity contribution in [1.29, 1.82) is 0 Å². The maximum absolute atomic E-state index is 13.8. The smallest absolute Gasteiger partial charge is 0.408 e. The molecule has 138 valence electrons. The average molecular weight is 357 g/mol. The molecule has 0 aromatic heterocycles. The SMILES string of the molecule is CC(C)(C)OC(=O)NC(CCO)C(=O)Nc1ccc([N+](=O)[O-])cc1F. The van der Waals surface area contributed by atoms with E-state index in [4.69, 9.17) is 9.84 Å². The molecule has 3 N–H and O–H groups in total. The molecule has 0 bridgehead atoms. The van der Waals surface area contributed by atoms with Crippen molar-refractivity contribution in [3.8, 4) is 0 Å². The molecule has 0 heterocycles. The van der Waals surface area contributed by atoms with Crippen LogP contribution in [0.4, 0.5) is 20.6 Å². The van der Waals surface area contributed by atoms with Crippen LogP contribution in [0.5, 0.6) is 0 Å². The third-order valence-corrected chi connectivity index (χ3v) is 2.85. The molecule has 1 aromatic rings. The van der Waals surface area contributed by atoms with Crippen molar-refractivity contribution in [1.82, 2.24) is 5.32 Å². The Morgan fingerprint density at radius 1 is 1.40 bits per heavy atom. The highest BCUT2D eigenvalue weighted by atomic mass is 19.1. The highest BCUT2D eigenvalue weighted by Gasteiger charge is 2.25. The van der Waals surface area contributed by atoms with Crippen LogP contribution in [-0.4, -0.2) is 40.3 Å². The van der Waals surface area contributed by atoms with Gasteiger partial charge in [0.1, 0.15) is 11.6 Å². The Morgan fingerprint density at radius 3 is 2.52 bits per heavy atom. The van der Waals surface area contributed by atoms with E-state index < -0.39 is 46.7 Å². The van der Waals surface area contributed by atoms with Gasteiger partial charge in [0.15, 0.2) is 5.82 Å². The van der Waals surface area contributed by atoms with E-state index in [1.54, 1.807) is 20.8 Å². The van der Waals surface area contributed by atoms with Crippen molar-refractivity contribution in [3.05, 3.63) is 34.1 Å². The molecular weight excluding hydrogens is 337 g/mol. The van der Waals surface area contributed by atoms with Crippen LogP contribution in [0.15, 0.2) is 18.2 Å². The Bertz CT molecular complexity index is 659. The lowest BCUT2D eigenvalue weighted by Gasteiger charge is -2.23. The van der Waals surface area contributed by atoms with Crippen LogP contribution < -0.4 is 10.6 Å². The average Bonchev–Trinajstić information content (AvgIpc) is 2.46. The normalized spacial score (nSPS) is 12.2. The molecule has 0 spiro atoms. The molecule has 0 aliphatic rings. The van der Waals surface area contributed by atoms with Gasteiger partial charge in [-0.25, -0.2) is 9.18 Å². The van der Waals surface area contributed by atoms with Gasteiger partial charge in [0.2, 0.25) is 5.91 Å². The van der Waals surface area contributed by atoms with E-state index in [1.807, 2.05) is 0 Å². The monoisotopic (exact) mass is 357 g/mol. The van der Waals surface area contributed by atoms with Gasteiger partial charge in [0.05, 0.1) is 16.7 Å². The van der Waals surface area contributed by atoms with Gasteiger partial charge in [0.25, 0.3) is 5.69 Å². The summed E-state index contributed by atoms with van der Waals surface area (Å²) >= 11 is 0. The summed E-state index contributed by atoms with van der Waals surface area (Å²) in [4.78, 5) is 33.7. The van der Waals surface area contributed by atoms with Crippen LogP contribution in [0, 0.1) is 15.9 Å². The highest BCUT2D eigenvalue weighted by Crippen LogP contribution is 2.20. The molecule has 0 saturated heterocycles. The summed E-state index contributed by atoms with van der Waals surface area (Å²) in [6.45, 7) is 4.51. The van der Waals surface area contributed by atoms with Crippen LogP contribution in [0.3, 0.4) is 0 Å². The minimum absolute atomic E-state index is 0.125. The fourth-order valence-electron chi connectivity index (χ4n) is 1.79. The molecule has 25 heavy (non-hydrogen) atoms. The summed E-state index contributed by atoms with van der Waals surface area (Å²) in [6.07, 6.45) is -0.995. The van der Waals surface area contributed by atoms with Crippen LogP contribution in [-0.2, 0) is 9.53 Å². The summed E-state index contributed by atoms with van der Waals surface area (Å²) in [7, 11) is 0. The molecular formula is C15H20FN3O6. The molecule has 9 nitrogen and oxygen atoms in total. The first-order valence-corrected chi connectivity index (χ1v) is 7.38. The summed E-state index contributed by atoms with van der Waals surface area (Å²) in [6, 6.07) is 1.56. The van der Waals surface area contributed by atoms with Crippen LogP contribution in [0.25, 0.3) is 0 Å². The number of benzene rings is 1. The number of nitro benzene ring substituents is 1. The van der Waals surface area contributed by atoms with Crippen molar-refractivity contribution in [2.24, 2.45) is 0 Å². The lowest BCUT2D eigenvalue weighted by molar-refractivity contribution is -0.385. The number of ether oxygens (including phenoxy) is 1. The van der Waals surface area contributed by atoms with Crippen molar-refractivity contribution in [2.45, 2.75) is 38.8 Å². The van der Waals surface area contributed by atoms with Gasteiger partial charge in [-0.15, -0.1) is 0 Å². The van der Waals surface area contributed by atoms with Gasteiger partial charge >= 0.3 is 6.09 Å². The number of nitro groups is 1. The van der Waals surface area contributed by atoms with Crippen LogP contribution in [0.1, 0.15) is 27.2 Å². The number of halogens is 1. The lowest BCUT2D eigenvalue weighted by atomic mass is 10.2. The van der Waals surface area contributed by atoms with Crippen molar-refractivity contribution in [3.63, 3.8) is 0 Å². The second-order valence-corrected chi connectivity index (χ2v) is 6.12. The van der Waals surface area contributed by atoms with Crippen LogP contribution >= 0.6 is 0 Å². The predicted octanol–water partition coefficient (Wildman–Crippen LogP) is 1.95. The number of hydrogen-bond donors (Lipinski definition) is 3. The number of aliphatic hydroxyl groups is 1. The molecule has 0 aliphatic carbocycles. The zero-order chi connectivity index (χ0) is 19.2. The first-order chi connectivity index (χ1) is 11.5. The second kappa shape index (κ2) is 8.38. The van der Waals surface area contributed by atoms with Crippen molar-refractivity contribution in [2.75, 3.05) is 11.9 Å². The molecule has 0 saturated carbocycles. The first-order valence-electron chi connectivity index (χ1n) is 7.38. The zero-order valence-electron chi connectivity index (χ0n) is 14.0. The van der Waals surface area contributed by atoms with Gasteiger partial charge in [-0.2, -0.15) is 0 Å². The Morgan fingerprint density at radius 2 is 2.04 bits per heavy atom. The second-order valence-electron chi connectivity index (χ2n) is 6.12. The molecule has 1 rings (SSSR count). The maximum Gasteiger partial charge on any atom is 0.408 e. The Kier molecular flexibility index (Phi) is 6.80. The van der Waals surface area contributed by atoms with Crippen LogP contribution in [0.2, 0.25) is 0 Å². The standard InChI is InChI=1S/C15H20FN3O6/c1-15(2,3)25-14(22)18-12(6-7-20)13(21)17-11-5-4-9(19(23)24)8-10(11)16/h4-5,8,12,20H,6-7H2,1-3H3,(H,17,21)(H,18,22). The Hall–Kier alpha value is -2.75. The molecule has 0 radical (unpaired) electrons. The number of carbonyl (C=O) groups is 2. The van der Waals surface area contributed by atoms with Gasteiger partial charge < -0.3 is 20.5 Å². The number of non-ortho nitro benzene ring substituents is 1. The molecule has 0 fully saturated rings. The van der Waals surface area contributed by atoms with E-state index in [2.05, 4.69) is 10.6 Å². The van der Waals surface area contributed by atoms with Gasteiger partial charge in [-0.1, -0.05) is 0 Å². The fraction of sp³-hybridized carbons (Fsp3) is 0.467. The zero-order valence-corrected chi connectivity index (χ0v) is 14.0. The fourth-order valence-corrected chi connectivity index (χ4v) is 1.79. The third kappa shape index (κ3) is 6.71. The largest absolute Gasteiger partial charge is 0.444 e. The topological polar surface area (TPSA) is 131 Å². The lowest BCUT2D eigenvalue weighted by Crippen LogP contribution is -2.46. The molecule has 1 atom stereocenters. The number of nitrogens with one attached hydrogen (secondary N) is 2. The highest BCUT2D eigenvalue weighted by molar-refractivity contribution is 5.96. The van der Waals surface area contributed by atoms with E-state index in [1.165, 1.54) is 0 Å². The number of aliphatic hydroxyl groups excluding tert-OH is 1. The van der Waals surface area contributed by atoms with Crippen molar-refractivity contribution >= 4 is 23.4 Å². The molecule has 10 heteroatoms. The minimum atomic E-state index is -1.17. The molecule has 1 unspecified atom stereocenters.